The van der Waals surface area contributed by atoms with Gasteiger partial charge in [-0.05, 0) is 70.3 Å². The van der Waals surface area contributed by atoms with Crippen LogP contribution in [0, 0.1) is 24.7 Å². The number of hydrogen-bond acceptors (Lipinski definition) is 8. The summed E-state index contributed by atoms with van der Waals surface area (Å²) in [5.74, 6) is 6.98. The summed E-state index contributed by atoms with van der Waals surface area (Å²) in [5, 5.41) is 1.60. The van der Waals surface area contributed by atoms with E-state index in [0.717, 1.165) is 21.9 Å². The van der Waals surface area contributed by atoms with E-state index in [4.69, 9.17) is 27.3 Å². The third kappa shape index (κ3) is 10.7. The van der Waals surface area contributed by atoms with Gasteiger partial charge in [0.1, 0.15) is 24.7 Å². The van der Waals surface area contributed by atoms with E-state index >= 15 is 0 Å². The van der Waals surface area contributed by atoms with Crippen molar-refractivity contribution in [1.29, 1.82) is 0 Å². The first-order chi connectivity index (χ1) is 31.7. The zero-order valence-electron chi connectivity index (χ0n) is 38.4. The first-order valence-electron chi connectivity index (χ1n) is 22.0. The highest BCUT2D eigenvalue weighted by Gasteiger charge is 2.21. The minimum atomic E-state index is -0.213. The van der Waals surface area contributed by atoms with Crippen LogP contribution in [0.2, 0.25) is 0 Å². The first kappa shape index (κ1) is 46.1. The third-order valence-corrected chi connectivity index (χ3v) is 11.1. The predicted octanol–water partition coefficient (Wildman–Crippen LogP) is 12.6. The van der Waals surface area contributed by atoms with Crippen molar-refractivity contribution in [3.63, 3.8) is 0 Å². The molecule has 2 heterocycles. The van der Waals surface area contributed by atoms with Gasteiger partial charge in [-0.3, -0.25) is 9.59 Å². The Morgan fingerprint density at radius 3 is 1.32 bits per heavy atom. The van der Waals surface area contributed by atoms with Gasteiger partial charge >= 0.3 is 0 Å². The van der Waals surface area contributed by atoms with Gasteiger partial charge in [0.05, 0.1) is 22.4 Å². The molecule has 6 aromatic carbocycles. The van der Waals surface area contributed by atoms with E-state index in [0.29, 0.717) is 56.9 Å². The summed E-state index contributed by atoms with van der Waals surface area (Å²) in [5.41, 5.74) is 9.30. The molecule has 8 rings (SSSR count). The molecular weight excluding hydrogens is 817 g/mol. The largest absolute Gasteiger partial charge is 0.481 e. The standard InChI is InChI=1S/C31H30N2O2.C27H22N2O2/c1-7-18-35-25-16-17-27-26(19-25)28(22-10-8-21(9-11-22)20(2)3)33-30(32-27)29(34)23-12-14-24(15-13-23)31(4,5)6;1-4-16-31-22-14-15-24-23(17-22)25(20-12-10-19(11-13-20)18(2)3)29-27(28-24)26(30)21-8-6-5-7-9-21/h1,8-17,19-20H,18H2,2-6H3;1,5-15,17-18H,16H2,2-3H3. The molecule has 0 aliphatic carbocycles. The van der Waals surface area contributed by atoms with E-state index in [1.165, 1.54) is 16.7 Å². The Balaban J connectivity index is 0.000000198. The molecule has 0 spiro atoms. The van der Waals surface area contributed by atoms with Crippen LogP contribution in [-0.4, -0.2) is 44.7 Å². The molecule has 8 aromatic rings. The molecule has 0 saturated heterocycles. The number of hydrogen-bond donors (Lipinski definition) is 0. The van der Waals surface area contributed by atoms with Gasteiger partial charge in [-0.1, -0.05) is 163 Å². The zero-order chi connectivity index (χ0) is 47.0. The lowest BCUT2D eigenvalue weighted by Crippen LogP contribution is -2.12. The normalized spacial score (nSPS) is 11.1. The zero-order valence-corrected chi connectivity index (χ0v) is 38.4. The summed E-state index contributed by atoms with van der Waals surface area (Å²) in [4.78, 5) is 45.1. The Morgan fingerprint density at radius 1 is 0.530 bits per heavy atom. The number of terminal acetylenes is 2. The first-order valence-corrected chi connectivity index (χ1v) is 22.0. The molecule has 0 aliphatic rings. The molecule has 0 atom stereocenters. The van der Waals surface area contributed by atoms with Crippen LogP contribution in [0.15, 0.2) is 140 Å². The number of ether oxygens (including phenoxy) is 2. The second-order valence-corrected chi connectivity index (χ2v) is 17.5. The van der Waals surface area contributed by atoms with E-state index in [9.17, 15) is 9.59 Å². The number of rotatable bonds is 12. The SMILES string of the molecule is C#CCOc1ccc2nc(C(=O)c3ccc(C(C)(C)C)cc3)nc(-c3ccc(C(C)C)cc3)c2c1.C#CCOc1ccc2nc(C(=O)c3ccccc3)nc(-c3ccc(C(C)C)cc3)c2c1. The fourth-order valence-corrected chi connectivity index (χ4v) is 7.31. The van der Waals surface area contributed by atoms with Crippen molar-refractivity contribution >= 4 is 33.4 Å². The number of nitrogens with zero attached hydrogens (tertiary/aromatic N) is 4. The molecular formula is C58H52N4O4. The summed E-state index contributed by atoms with van der Waals surface area (Å²) in [7, 11) is 0. The van der Waals surface area contributed by atoms with E-state index < -0.39 is 0 Å². The van der Waals surface area contributed by atoms with Gasteiger partial charge in [0, 0.05) is 33.0 Å². The molecule has 0 unspecified atom stereocenters. The molecule has 66 heavy (non-hydrogen) atoms. The Hall–Kier alpha value is -7.94. The molecule has 0 fully saturated rings. The van der Waals surface area contributed by atoms with E-state index in [-0.39, 0.29) is 41.8 Å². The molecule has 2 aromatic heterocycles. The predicted molar refractivity (Wildman–Crippen MR) is 265 cm³/mol. The van der Waals surface area contributed by atoms with Gasteiger partial charge in [0.25, 0.3) is 0 Å². The van der Waals surface area contributed by atoms with E-state index in [1.807, 2.05) is 97.1 Å². The maximum atomic E-state index is 13.4. The molecule has 0 saturated carbocycles. The minimum Gasteiger partial charge on any atom is -0.481 e. The Morgan fingerprint density at radius 2 is 0.939 bits per heavy atom. The second-order valence-electron chi connectivity index (χ2n) is 17.5. The van der Waals surface area contributed by atoms with Crippen molar-refractivity contribution in [2.75, 3.05) is 13.2 Å². The fraction of sp³-hybridized carbons (Fsp3) is 0.207. The highest BCUT2D eigenvalue weighted by Crippen LogP contribution is 2.33. The highest BCUT2D eigenvalue weighted by atomic mass is 16.5. The molecule has 0 amide bonds. The number of aromatic nitrogens is 4. The van der Waals surface area contributed by atoms with Gasteiger partial charge < -0.3 is 9.47 Å². The summed E-state index contributed by atoms with van der Waals surface area (Å²) < 4.78 is 11.2. The monoisotopic (exact) mass is 868 g/mol. The van der Waals surface area contributed by atoms with Crippen molar-refractivity contribution in [3.05, 3.63) is 179 Å². The molecule has 0 radical (unpaired) electrons. The van der Waals surface area contributed by atoms with Gasteiger partial charge in [0.2, 0.25) is 23.2 Å². The number of carbonyl (C=O) groups excluding carboxylic acids is 2. The molecule has 8 heteroatoms. The van der Waals surface area contributed by atoms with Crippen molar-refractivity contribution in [2.45, 2.75) is 65.7 Å². The Kier molecular flexibility index (Phi) is 14.1. The average Bonchev–Trinajstić information content (AvgIpc) is 3.34. The third-order valence-electron chi connectivity index (χ3n) is 11.1. The molecule has 0 N–H and O–H groups in total. The number of carbonyl (C=O) groups is 2. The van der Waals surface area contributed by atoms with Crippen molar-refractivity contribution in [1.82, 2.24) is 19.9 Å². The second kappa shape index (κ2) is 20.3. The lowest BCUT2D eigenvalue weighted by atomic mass is 9.86. The van der Waals surface area contributed by atoms with Crippen LogP contribution in [0.25, 0.3) is 44.3 Å². The van der Waals surface area contributed by atoms with Gasteiger partial charge in [-0.25, -0.2) is 19.9 Å². The van der Waals surface area contributed by atoms with Crippen LogP contribution in [-0.2, 0) is 5.41 Å². The molecule has 0 aliphatic heterocycles. The maximum Gasteiger partial charge on any atom is 0.230 e. The summed E-state index contributed by atoms with van der Waals surface area (Å²) in [6, 6.07) is 44.3. The van der Waals surface area contributed by atoms with Crippen molar-refractivity contribution < 1.29 is 19.1 Å². The lowest BCUT2D eigenvalue weighted by molar-refractivity contribution is 0.102. The summed E-state index contributed by atoms with van der Waals surface area (Å²) in [6.07, 6.45) is 10.7. The number of fused-ring (bicyclic) bond motifs is 2. The van der Waals surface area contributed by atoms with Crippen LogP contribution >= 0.6 is 0 Å². The lowest BCUT2D eigenvalue weighted by Gasteiger charge is -2.19. The Labute approximate surface area is 387 Å². The van der Waals surface area contributed by atoms with E-state index in [2.05, 4.69) is 99.5 Å². The van der Waals surface area contributed by atoms with Crippen LogP contribution in [0.3, 0.4) is 0 Å². The van der Waals surface area contributed by atoms with Crippen LogP contribution in [0.4, 0.5) is 0 Å². The quantitative estimate of drug-likeness (QED) is 0.0883. The van der Waals surface area contributed by atoms with Gasteiger partial charge in [-0.15, -0.1) is 12.8 Å². The number of benzene rings is 6. The Bertz CT molecular complexity index is 3100. The van der Waals surface area contributed by atoms with E-state index in [1.54, 1.807) is 18.2 Å². The van der Waals surface area contributed by atoms with Gasteiger partial charge in [-0.2, -0.15) is 0 Å². The molecule has 0 bridgehead atoms. The maximum absolute atomic E-state index is 13.4. The minimum absolute atomic E-state index is 0.00947. The molecule has 328 valence electrons. The molecule has 8 nitrogen and oxygen atoms in total. The fourth-order valence-electron chi connectivity index (χ4n) is 7.31. The van der Waals surface area contributed by atoms with Crippen LogP contribution in [0.1, 0.15) is 109 Å². The van der Waals surface area contributed by atoms with Crippen molar-refractivity contribution in [3.8, 4) is 58.7 Å². The smallest absolute Gasteiger partial charge is 0.230 e. The summed E-state index contributed by atoms with van der Waals surface area (Å²) >= 11 is 0. The van der Waals surface area contributed by atoms with Crippen LogP contribution < -0.4 is 9.47 Å². The average molecular weight is 869 g/mol. The summed E-state index contributed by atoms with van der Waals surface area (Å²) in [6.45, 7) is 15.4. The van der Waals surface area contributed by atoms with Crippen LogP contribution in [0.5, 0.6) is 11.5 Å². The number of ketones is 2. The topological polar surface area (TPSA) is 104 Å². The highest BCUT2D eigenvalue weighted by molar-refractivity contribution is 6.09. The van der Waals surface area contributed by atoms with Gasteiger partial charge in [0.15, 0.2) is 0 Å². The van der Waals surface area contributed by atoms with Crippen molar-refractivity contribution in [2.24, 2.45) is 0 Å².